The smallest absolute Gasteiger partial charge is 0.190 e. The van der Waals surface area contributed by atoms with Crippen molar-refractivity contribution >= 4 is 29.2 Å². The molecular weight excluding hydrogens is 266 g/mol. The molecule has 0 aliphatic heterocycles. The van der Waals surface area contributed by atoms with Crippen LogP contribution in [0.2, 0.25) is 5.15 Å². The molecule has 1 aliphatic carbocycles. The van der Waals surface area contributed by atoms with Crippen LogP contribution in [0, 0.1) is 5.41 Å². The van der Waals surface area contributed by atoms with E-state index in [9.17, 15) is 0 Å². The molecule has 1 atom stereocenters. The molecule has 3 nitrogen and oxygen atoms in total. The summed E-state index contributed by atoms with van der Waals surface area (Å²) in [6.07, 6.45) is 6.94. The highest BCUT2D eigenvalue weighted by atomic mass is 35.5. The van der Waals surface area contributed by atoms with Crippen LogP contribution in [0.1, 0.15) is 39.5 Å². The first kappa shape index (κ1) is 13.9. The fourth-order valence-corrected chi connectivity index (χ4v) is 3.21. The number of halogens is 1. The van der Waals surface area contributed by atoms with Crippen LogP contribution in [0.3, 0.4) is 0 Å². The summed E-state index contributed by atoms with van der Waals surface area (Å²) >= 11 is 7.51. The normalized spacial score (nSPS) is 22.8. The van der Waals surface area contributed by atoms with Crippen molar-refractivity contribution in [2.45, 2.75) is 50.7 Å². The molecule has 0 saturated heterocycles. The maximum Gasteiger partial charge on any atom is 0.190 e. The van der Waals surface area contributed by atoms with Gasteiger partial charge in [0.05, 0.1) is 0 Å². The molecule has 18 heavy (non-hydrogen) atoms. The van der Waals surface area contributed by atoms with Crippen molar-refractivity contribution in [2.24, 2.45) is 5.41 Å². The van der Waals surface area contributed by atoms with Crippen molar-refractivity contribution in [3.63, 3.8) is 0 Å². The number of thioether (sulfide) groups is 1. The number of anilines is 1. The zero-order chi connectivity index (χ0) is 13.2. The summed E-state index contributed by atoms with van der Waals surface area (Å²) in [6.45, 7) is 4.67. The Morgan fingerprint density at radius 1 is 1.44 bits per heavy atom. The first-order chi connectivity index (χ1) is 8.48. The van der Waals surface area contributed by atoms with E-state index in [1.807, 2.05) is 12.3 Å². The summed E-state index contributed by atoms with van der Waals surface area (Å²) in [5, 5.41) is 4.73. The van der Waals surface area contributed by atoms with Crippen molar-refractivity contribution in [2.75, 3.05) is 11.6 Å². The first-order valence-electron chi connectivity index (χ1n) is 6.34. The minimum atomic E-state index is 0.426. The standard InChI is InChI=1S/C13H20ClN3S/c1-13(2)6-4-5-9(8-13)15-11-7-10(14)16-12(17-11)18-3/h7,9H,4-6,8H2,1-3H3,(H,15,16,17). The Morgan fingerprint density at radius 3 is 2.89 bits per heavy atom. The summed E-state index contributed by atoms with van der Waals surface area (Å²) in [6, 6.07) is 2.30. The summed E-state index contributed by atoms with van der Waals surface area (Å²) in [4.78, 5) is 8.60. The van der Waals surface area contributed by atoms with Gasteiger partial charge < -0.3 is 5.32 Å². The third-order valence-electron chi connectivity index (χ3n) is 3.41. The van der Waals surface area contributed by atoms with Gasteiger partial charge in [-0.1, -0.05) is 43.6 Å². The predicted molar refractivity (Wildman–Crippen MR) is 78.5 cm³/mol. The Balaban J connectivity index is 2.07. The fraction of sp³-hybridized carbons (Fsp3) is 0.692. The molecule has 0 aromatic carbocycles. The number of hydrogen-bond donors (Lipinski definition) is 1. The van der Waals surface area contributed by atoms with Gasteiger partial charge in [-0.3, -0.25) is 0 Å². The second-order valence-corrected chi connectivity index (χ2v) is 6.83. The van der Waals surface area contributed by atoms with Gasteiger partial charge in [-0.2, -0.15) is 0 Å². The highest BCUT2D eigenvalue weighted by Crippen LogP contribution is 2.36. The number of nitrogens with zero attached hydrogens (tertiary/aromatic N) is 2. The molecule has 1 aromatic rings. The highest BCUT2D eigenvalue weighted by molar-refractivity contribution is 7.98. The topological polar surface area (TPSA) is 37.8 Å². The minimum absolute atomic E-state index is 0.426. The Morgan fingerprint density at radius 2 is 2.22 bits per heavy atom. The lowest BCUT2D eigenvalue weighted by molar-refractivity contribution is 0.229. The molecule has 5 heteroatoms. The van der Waals surface area contributed by atoms with E-state index in [0.29, 0.717) is 16.6 Å². The van der Waals surface area contributed by atoms with Gasteiger partial charge in [-0.25, -0.2) is 9.97 Å². The van der Waals surface area contributed by atoms with Crippen LogP contribution in [0.5, 0.6) is 0 Å². The third kappa shape index (κ3) is 3.75. The molecule has 0 spiro atoms. The molecule has 0 amide bonds. The molecule has 1 fully saturated rings. The van der Waals surface area contributed by atoms with Gasteiger partial charge in [0.25, 0.3) is 0 Å². The van der Waals surface area contributed by atoms with Crippen LogP contribution in [0.25, 0.3) is 0 Å². The Kier molecular flexibility index (Phi) is 4.38. The van der Waals surface area contributed by atoms with Gasteiger partial charge in [-0.05, 0) is 30.9 Å². The Labute approximate surface area is 118 Å². The van der Waals surface area contributed by atoms with Crippen LogP contribution in [-0.4, -0.2) is 22.3 Å². The average Bonchev–Trinajstić information content (AvgIpc) is 2.26. The lowest BCUT2D eigenvalue weighted by atomic mass is 9.75. The van der Waals surface area contributed by atoms with E-state index in [-0.39, 0.29) is 0 Å². The van der Waals surface area contributed by atoms with E-state index in [1.54, 1.807) is 0 Å². The minimum Gasteiger partial charge on any atom is -0.367 e. The van der Waals surface area contributed by atoms with Crippen LogP contribution in [0.4, 0.5) is 5.82 Å². The van der Waals surface area contributed by atoms with Crippen LogP contribution in [0.15, 0.2) is 11.2 Å². The largest absolute Gasteiger partial charge is 0.367 e. The molecule has 0 radical (unpaired) electrons. The highest BCUT2D eigenvalue weighted by Gasteiger charge is 2.28. The van der Waals surface area contributed by atoms with Crippen LogP contribution >= 0.6 is 23.4 Å². The summed E-state index contributed by atoms with van der Waals surface area (Å²) in [5.74, 6) is 0.849. The first-order valence-corrected chi connectivity index (χ1v) is 7.94. The van der Waals surface area contributed by atoms with Crippen molar-refractivity contribution < 1.29 is 0 Å². The monoisotopic (exact) mass is 285 g/mol. The Bertz CT molecular complexity index is 423. The van der Waals surface area contributed by atoms with Gasteiger partial charge in [0.15, 0.2) is 5.16 Å². The number of hydrogen-bond acceptors (Lipinski definition) is 4. The number of rotatable bonds is 3. The average molecular weight is 286 g/mol. The van der Waals surface area contributed by atoms with E-state index >= 15 is 0 Å². The summed E-state index contributed by atoms with van der Waals surface area (Å²) in [5.41, 5.74) is 0.426. The summed E-state index contributed by atoms with van der Waals surface area (Å²) in [7, 11) is 0. The van der Waals surface area contributed by atoms with Crippen molar-refractivity contribution in [1.29, 1.82) is 0 Å². The maximum absolute atomic E-state index is 6.00. The lowest BCUT2D eigenvalue weighted by Gasteiger charge is -2.35. The second-order valence-electron chi connectivity index (χ2n) is 5.66. The number of aromatic nitrogens is 2. The van der Waals surface area contributed by atoms with E-state index < -0.39 is 0 Å². The van der Waals surface area contributed by atoms with E-state index in [0.717, 1.165) is 11.0 Å². The Hall–Kier alpha value is -0.480. The lowest BCUT2D eigenvalue weighted by Crippen LogP contribution is -2.32. The molecule has 1 saturated carbocycles. The van der Waals surface area contributed by atoms with Crippen molar-refractivity contribution in [1.82, 2.24) is 9.97 Å². The zero-order valence-corrected chi connectivity index (χ0v) is 12.7. The van der Waals surface area contributed by atoms with Crippen molar-refractivity contribution in [3.05, 3.63) is 11.2 Å². The molecule has 1 aliphatic rings. The number of nitrogens with one attached hydrogen (secondary N) is 1. The quantitative estimate of drug-likeness (QED) is 0.512. The zero-order valence-electron chi connectivity index (χ0n) is 11.2. The second kappa shape index (κ2) is 5.66. The molecule has 1 aromatic heterocycles. The van der Waals surface area contributed by atoms with Gasteiger partial charge >= 0.3 is 0 Å². The van der Waals surface area contributed by atoms with Gasteiger partial charge in [0, 0.05) is 12.1 Å². The third-order valence-corrected chi connectivity index (χ3v) is 4.16. The predicted octanol–water partition coefficient (Wildman–Crippen LogP) is 4.23. The SMILES string of the molecule is CSc1nc(Cl)cc(NC2CCCC(C)(C)C2)n1. The van der Waals surface area contributed by atoms with Crippen molar-refractivity contribution in [3.8, 4) is 0 Å². The molecule has 0 bridgehead atoms. The molecule has 1 N–H and O–H groups in total. The van der Waals surface area contributed by atoms with Crippen LogP contribution in [-0.2, 0) is 0 Å². The fourth-order valence-electron chi connectivity index (χ4n) is 2.59. The van der Waals surface area contributed by atoms with Gasteiger partial charge in [0.2, 0.25) is 0 Å². The van der Waals surface area contributed by atoms with E-state index in [1.165, 1.54) is 37.4 Å². The van der Waals surface area contributed by atoms with Gasteiger partial charge in [-0.15, -0.1) is 0 Å². The van der Waals surface area contributed by atoms with Crippen LogP contribution < -0.4 is 5.32 Å². The molecular formula is C13H20ClN3S. The molecule has 1 heterocycles. The van der Waals surface area contributed by atoms with E-state index in [4.69, 9.17) is 11.6 Å². The maximum atomic E-state index is 6.00. The summed E-state index contributed by atoms with van der Waals surface area (Å²) < 4.78 is 0. The molecule has 2 rings (SSSR count). The van der Waals surface area contributed by atoms with E-state index in [2.05, 4.69) is 29.1 Å². The van der Waals surface area contributed by atoms with Gasteiger partial charge in [0.1, 0.15) is 11.0 Å². The molecule has 100 valence electrons. The molecule has 1 unspecified atom stereocenters.